The zero-order chi connectivity index (χ0) is 11.6. The van der Waals surface area contributed by atoms with Gasteiger partial charge in [-0.25, -0.2) is 0 Å². The van der Waals surface area contributed by atoms with Crippen LogP contribution in [0.2, 0.25) is 0 Å². The molecule has 0 aromatic rings. The topological polar surface area (TPSA) is 37.3 Å². The first kappa shape index (κ1) is 12.7. The second-order valence-corrected chi connectivity index (χ2v) is 5.86. The Balaban J connectivity index is 2.74. The number of Topliss-reactive ketones (excluding diaryl/α,β-unsaturated/α-hetero) is 1. The molecule has 0 aliphatic heterocycles. The summed E-state index contributed by atoms with van der Waals surface area (Å²) in [4.78, 5) is 12.1. The van der Waals surface area contributed by atoms with Gasteiger partial charge in [0, 0.05) is 12.3 Å². The number of aliphatic hydroxyl groups is 1. The maximum Gasteiger partial charge on any atom is 0.139 e. The van der Waals surface area contributed by atoms with Crippen LogP contribution in [0.5, 0.6) is 0 Å². The summed E-state index contributed by atoms with van der Waals surface area (Å²) in [6.45, 7) is 8.24. The lowest BCUT2D eigenvalue weighted by atomic mass is 9.62. The molecule has 0 saturated heterocycles. The van der Waals surface area contributed by atoms with Crippen molar-refractivity contribution in [1.29, 1.82) is 0 Å². The zero-order valence-corrected chi connectivity index (χ0v) is 10.4. The highest BCUT2D eigenvalue weighted by Crippen LogP contribution is 2.44. The van der Waals surface area contributed by atoms with E-state index in [1.807, 2.05) is 0 Å². The molecule has 1 aliphatic rings. The minimum absolute atomic E-state index is 0.115. The lowest BCUT2D eigenvalue weighted by molar-refractivity contribution is -0.132. The highest BCUT2D eigenvalue weighted by atomic mass is 16.3. The number of ketones is 1. The van der Waals surface area contributed by atoms with Crippen LogP contribution in [0.15, 0.2) is 0 Å². The summed E-state index contributed by atoms with van der Waals surface area (Å²) < 4.78 is 0. The van der Waals surface area contributed by atoms with E-state index in [4.69, 9.17) is 0 Å². The Labute approximate surface area is 93.1 Å². The average molecular weight is 212 g/mol. The van der Waals surface area contributed by atoms with Crippen LogP contribution in [0.1, 0.15) is 53.4 Å². The molecule has 1 fully saturated rings. The number of carbonyl (C=O) groups is 1. The van der Waals surface area contributed by atoms with E-state index in [0.29, 0.717) is 12.3 Å². The fraction of sp³-hybridized carbons (Fsp3) is 0.923. The smallest absolute Gasteiger partial charge is 0.139 e. The maximum absolute atomic E-state index is 12.1. The van der Waals surface area contributed by atoms with Crippen LogP contribution < -0.4 is 0 Å². The Morgan fingerprint density at radius 1 is 1.53 bits per heavy atom. The second kappa shape index (κ2) is 4.65. The molecule has 2 nitrogen and oxygen atoms in total. The van der Waals surface area contributed by atoms with Crippen LogP contribution in [0.25, 0.3) is 0 Å². The van der Waals surface area contributed by atoms with E-state index in [-0.39, 0.29) is 17.1 Å². The Morgan fingerprint density at radius 3 is 2.60 bits per heavy atom. The molecule has 0 aromatic heterocycles. The Kier molecular flexibility index (Phi) is 3.93. The van der Waals surface area contributed by atoms with E-state index in [9.17, 15) is 9.90 Å². The molecule has 1 rings (SSSR count). The zero-order valence-electron chi connectivity index (χ0n) is 10.4. The molecule has 0 amide bonds. The summed E-state index contributed by atoms with van der Waals surface area (Å²) in [5.74, 6) is 0.864. The standard InChI is InChI=1S/C13H24O2/c1-9-6-5-7-13(3,4)12(9)11(15)8-10(2)14/h9-10,12,14H,5-8H2,1-4H3/t9-,10?,12+/m1/s1. The fourth-order valence-corrected chi connectivity index (χ4v) is 3.14. The first-order valence-corrected chi connectivity index (χ1v) is 6.05. The van der Waals surface area contributed by atoms with Gasteiger partial charge in [-0.3, -0.25) is 4.79 Å². The van der Waals surface area contributed by atoms with Crippen molar-refractivity contribution in [3.63, 3.8) is 0 Å². The summed E-state index contributed by atoms with van der Waals surface area (Å²) in [6, 6.07) is 0. The van der Waals surface area contributed by atoms with Gasteiger partial charge in [0.25, 0.3) is 0 Å². The average Bonchev–Trinajstić information content (AvgIpc) is 1.99. The fourth-order valence-electron chi connectivity index (χ4n) is 3.14. The van der Waals surface area contributed by atoms with Crippen molar-refractivity contribution in [2.75, 3.05) is 0 Å². The summed E-state index contributed by atoms with van der Waals surface area (Å²) in [7, 11) is 0. The van der Waals surface area contributed by atoms with Crippen LogP contribution in [-0.4, -0.2) is 17.0 Å². The molecule has 1 saturated carbocycles. The highest BCUT2D eigenvalue weighted by molar-refractivity contribution is 5.82. The molecule has 0 radical (unpaired) electrons. The minimum atomic E-state index is -0.498. The first-order valence-electron chi connectivity index (χ1n) is 6.05. The van der Waals surface area contributed by atoms with Crippen molar-refractivity contribution in [2.24, 2.45) is 17.3 Å². The minimum Gasteiger partial charge on any atom is -0.393 e. The number of carbonyl (C=O) groups excluding carboxylic acids is 1. The summed E-state index contributed by atoms with van der Waals surface area (Å²) in [5.41, 5.74) is 0.115. The molecule has 1 aliphatic carbocycles. The first-order chi connectivity index (χ1) is 6.84. The van der Waals surface area contributed by atoms with Gasteiger partial charge in [0.1, 0.15) is 5.78 Å². The van der Waals surface area contributed by atoms with Gasteiger partial charge >= 0.3 is 0 Å². The predicted octanol–water partition coefficient (Wildman–Crippen LogP) is 2.79. The second-order valence-electron chi connectivity index (χ2n) is 5.86. The van der Waals surface area contributed by atoms with Gasteiger partial charge in [-0.15, -0.1) is 0 Å². The van der Waals surface area contributed by atoms with Crippen LogP contribution in [-0.2, 0) is 4.79 Å². The van der Waals surface area contributed by atoms with Gasteiger partial charge < -0.3 is 5.11 Å². The van der Waals surface area contributed by atoms with Crippen LogP contribution in [0.4, 0.5) is 0 Å². The lowest BCUT2D eigenvalue weighted by Gasteiger charge is -2.42. The number of rotatable bonds is 3. The number of hydrogen-bond acceptors (Lipinski definition) is 2. The van der Waals surface area contributed by atoms with E-state index in [1.165, 1.54) is 6.42 Å². The monoisotopic (exact) mass is 212 g/mol. The Bertz CT molecular complexity index is 231. The summed E-state index contributed by atoms with van der Waals surface area (Å²) >= 11 is 0. The molecule has 0 bridgehead atoms. The van der Waals surface area contributed by atoms with Gasteiger partial charge in [0.05, 0.1) is 6.10 Å². The van der Waals surface area contributed by atoms with Gasteiger partial charge in [-0.1, -0.05) is 27.2 Å². The summed E-state index contributed by atoms with van der Waals surface area (Å²) in [5, 5.41) is 9.29. The highest BCUT2D eigenvalue weighted by Gasteiger charge is 2.41. The lowest BCUT2D eigenvalue weighted by Crippen LogP contribution is -2.40. The van der Waals surface area contributed by atoms with E-state index in [0.717, 1.165) is 12.8 Å². The SMILES string of the molecule is CC(O)CC(=O)[C@@H]1[C@H](C)CCCC1(C)C. The molecule has 3 atom stereocenters. The van der Waals surface area contributed by atoms with Gasteiger partial charge in [-0.05, 0) is 31.1 Å². The van der Waals surface area contributed by atoms with E-state index in [1.54, 1.807) is 6.92 Å². The van der Waals surface area contributed by atoms with Crippen molar-refractivity contribution in [2.45, 2.75) is 59.5 Å². The third-order valence-electron chi connectivity index (χ3n) is 3.74. The molecular weight excluding hydrogens is 188 g/mol. The molecular formula is C13H24O2. The molecule has 2 heteroatoms. The third kappa shape index (κ3) is 3.04. The third-order valence-corrected chi connectivity index (χ3v) is 3.74. The predicted molar refractivity (Wildman–Crippen MR) is 61.6 cm³/mol. The van der Waals surface area contributed by atoms with E-state index >= 15 is 0 Å². The van der Waals surface area contributed by atoms with E-state index in [2.05, 4.69) is 20.8 Å². The van der Waals surface area contributed by atoms with Crippen LogP contribution >= 0.6 is 0 Å². The van der Waals surface area contributed by atoms with Gasteiger partial charge in [0.15, 0.2) is 0 Å². The van der Waals surface area contributed by atoms with Crippen molar-refractivity contribution in [1.82, 2.24) is 0 Å². The van der Waals surface area contributed by atoms with Crippen LogP contribution in [0, 0.1) is 17.3 Å². The molecule has 0 aromatic carbocycles. The quantitative estimate of drug-likeness (QED) is 0.781. The number of aliphatic hydroxyl groups excluding tert-OH is 1. The largest absolute Gasteiger partial charge is 0.393 e. The Hall–Kier alpha value is -0.370. The van der Waals surface area contributed by atoms with E-state index < -0.39 is 6.10 Å². The molecule has 1 N–H and O–H groups in total. The van der Waals surface area contributed by atoms with Crippen molar-refractivity contribution in [3.8, 4) is 0 Å². The molecule has 88 valence electrons. The molecule has 0 spiro atoms. The van der Waals surface area contributed by atoms with Crippen molar-refractivity contribution < 1.29 is 9.90 Å². The normalized spacial score (nSPS) is 32.3. The van der Waals surface area contributed by atoms with Crippen molar-refractivity contribution in [3.05, 3.63) is 0 Å². The molecule has 15 heavy (non-hydrogen) atoms. The van der Waals surface area contributed by atoms with Crippen LogP contribution in [0.3, 0.4) is 0 Å². The van der Waals surface area contributed by atoms with Gasteiger partial charge in [0.2, 0.25) is 0 Å². The number of hydrogen-bond donors (Lipinski definition) is 1. The Morgan fingerprint density at radius 2 is 2.13 bits per heavy atom. The van der Waals surface area contributed by atoms with Gasteiger partial charge in [-0.2, -0.15) is 0 Å². The molecule has 0 heterocycles. The maximum atomic E-state index is 12.1. The summed E-state index contributed by atoms with van der Waals surface area (Å²) in [6.07, 6.45) is 3.33. The molecule has 1 unspecified atom stereocenters. The van der Waals surface area contributed by atoms with Crippen molar-refractivity contribution >= 4 is 5.78 Å².